The van der Waals surface area contributed by atoms with Crippen LogP contribution < -0.4 is 15.5 Å². The molecule has 13 heteroatoms. The van der Waals surface area contributed by atoms with Gasteiger partial charge in [-0.3, -0.25) is 10.2 Å². The minimum absolute atomic E-state index is 0.0549. The first-order chi connectivity index (χ1) is 20.0. The summed E-state index contributed by atoms with van der Waals surface area (Å²) < 4.78 is 42.2. The monoisotopic (exact) mass is 593 g/mol. The predicted octanol–water partition coefficient (Wildman–Crippen LogP) is 7.35. The van der Waals surface area contributed by atoms with E-state index in [0.717, 1.165) is 34.5 Å². The van der Waals surface area contributed by atoms with Crippen molar-refractivity contribution in [3.05, 3.63) is 95.6 Å². The molecule has 0 spiro atoms. The number of carbonyl (C=O) groups excluding carboxylic acids is 1. The van der Waals surface area contributed by atoms with Gasteiger partial charge < -0.3 is 10.1 Å². The molecule has 0 radical (unpaired) electrons. The number of hydrogen-bond donors (Lipinski definition) is 2. The Morgan fingerprint density at radius 3 is 2.40 bits per heavy atom. The number of nitrogens with one attached hydrogen (secondary N) is 2. The van der Waals surface area contributed by atoms with Crippen LogP contribution in [0.4, 0.5) is 24.7 Å². The van der Waals surface area contributed by atoms with Gasteiger partial charge in [-0.1, -0.05) is 56.3 Å². The lowest BCUT2D eigenvalue weighted by atomic mass is 10.0. The van der Waals surface area contributed by atoms with Gasteiger partial charge in [0.1, 0.15) is 5.75 Å². The molecule has 0 fully saturated rings. The lowest BCUT2D eigenvalue weighted by molar-refractivity contribution is -0.274. The first kappa shape index (κ1) is 30.1. The van der Waals surface area contributed by atoms with Crippen molar-refractivity contribution < 1.29 is 22.7 Å². The number of aromatic nitrogens is 2. The number of halogens is 3. The Labute approximate surface area is 245 Å². The Hall–Kier alpha value is -4.91. The lowest BCUT2D eigenvalue weighted by Gasteiger charge is -2.14. The minimum Gasteiger partial charge on any atom is -0.406 e. The number of carbonyl (C=O) groups is 1. The molecule has 0 atom stereocenters. The molecule has 0 bridgehead atoms. The third kappa shape index (κ3) is 8.30. The van der Waals surface area contributed by atoms with E-state index in [2.05, 4.69) is 55.8 Å². The Kier molecular flexibility index (Phi) is 9.42. The van der Waals surface area contributed by atoms with Gasteiger partial charge in [0.15, 0.2) is 10.9 Å². The standard InChI is InChI=1S/C29H26F3N7O2S/c1-18(2)23-6-4-5-7-24(23)34-28(42)37-33-17-19-8-10-20(11-9-19)25-16-26(39(3)38-25)35-36-27(40)21-12-14-22(15-13-21)41-29(30,31)32/h4-18H,1-3H3,(H2,34,37,42)/b33-17+,36-35?. The average molecular weight is 594 g/mol. The Morgan fingerprint density at radius 2 is 1.74 bits per heavy atom. The van der Waals surface area contributed by atoms with Crippen LogP contribution in [0.1, 0.15) is 41.3 Å². The van der Waals surface area contributed by atoms with Crippen molar-refractivity contribution in [2.75, 3.05) is 5.32 Å². The highest BCUT2D eigenvalue weighted by Crippen LogP contribution is 2.26. The van der Waals surface area contributed by atoms with E-state index in [1.807, 2.05) is 42.5 Å². The molecule has 0 aliphatic carbocycles. The van der Waals surface area contributed by atoms with Crippen LogP contribution in [0.25, 0.3) is 11.3 Å². The normalized spacial score (nSPS) is 11.8. The molecule has 0 aliphatic rings. The predicted molar refractivity (Wildman–Crippen MR) is 158 cm³/mol. The van der Waals surface area contributed by atoms with Gasteiger partial charge >= 0.3 is 6.36 Å². The van der Waals surface area contributed by atoms with Crippen LogP contribution in [0.3, 0.4) is 0 Å². The molecule has 4 rings (SSSR count). The number of benzene rings is 3. The largest absolute Gasteiger partial charge is 0.573 e. The van der Waals surface area contributed by atoms with E-state index in [1.165, 1.54) is 16.8 Å². The molecule has 0 saturated carbocycles. The molecule has 42 heavy (non-hydrogen) atoms. The van der Waals surface area contributed by atoms with E-state index in [4.69, 9.17) is 12.2 Å². The Morgan fingerprint density at radius 1 is 1.05 bits per heavy atom. The number of ether oxygens (including phenoxy) is 1. The van der Waals surface area contributed by atoms with Crippen molar-refractivity contribution in [2.24, 2.45) is 22.4 Å². The van der Waals surface area contributed by atoms with Crippen LogP contribution in [0.2, 0.25) is 0 Å². The van der Waals surface area contributed by atoms with E-state index in [-0.39, 0.29) is 5.56 Å². The number of aryl methyl sites for hydroxylation is 1. The fourth-order valence-electron chi connectivity index (χ4n) is 3.82. The maximum atomic E-state index is 12.3. The molecule has 3 aromatic carbocycles. The first-order valence-corrected chi connectivity index (χ1v) is 13.0. The zero-order valence-electron chi connectivity index (χ0n) is 22.8. The number of alkyl halides is 3. The third-order valence-corrected chi connectivity index (χ3v) is 6.04. The number of hydrogen-bond acceptors (Lipinski definition) is 6. The van der Waals surface area contributed by atoms with Gasteiger partial charge in [0.25, 0.3) is 5.91 Å². The number of anilines is 1. The van der Waals surface area contributed by atoms with Gasteiger partial charge in [-0.2, -0.15) is 10.2 Å². The highest BCUT2D eigenvalue weighted by molar-refractivity contribution is 7.80. The summed E-state index contributed by atoms with van der Waals surface area (Å²) in [4.78, 5) is 12.3. The summed E-state index contributed by atoms with van der Waals surface area (Å²) in [7, 11) is 1.65. The van der Waals surface area contributed by atoms with Crippen LogP contribution in [-0.4, -0.2) is 33.4 Å². The van der Waals surface area contributed by atoms with Gasteiger partial charge in [0.05, 0.1) is 11.9 Å². The number of nitrogens with zero attached hydrogens (tertiary/aromatic N) is 5. The van der Waals surface area contributed by atoms with Gasteiger partial charge in [-0.25, -0.2) is 4.68 Å². The molecule has 0 saturated heterocycles. The van der Waals surface area contributed by atoms with Crippen molar-refractivity contribution in [3.8, 4) is 17.0 Å². The van der Waals surface area contributed by atoms with E-state index in [1.54, 1.807) is 19.3 Å². The van der Waals surface area contributed by atoms with E-state index < -0.39 is 18.0 Å². The highest BCUT2D eigenvalue weighted by atomic mass is 32.1. The highest BCUT2D eigenvalue weighted by Gasteiger charge is 2.31. The number of azo groups is 1. The Balaban J connectivity index is 1.34. The number of rotatable bonds is 8. The first-order valence-electron chi connectivity index (χ1n) is 12.6. The van der Waals surface area contributed by atoms with Crippen LogP contribution in [-0.2, 0) is 7.05 Å². The summed E-state index contributed by atoms with van der Waals surface area (Å²) in [6, 6.07) is 21.4. The van der Waals surface area contributed by atoms with Crippen LogP contribution in [0.5, 0.6) is 5.75 Å². The summed E-state index contributed by atoms with van der Waals surface area (Å²) in [5.74, 6) is -0.516. The molecule has 0 aliphatic heterocycles. The maximum absolute atomic E-state index is 12.3. The minimum atomic E-state index is -4.82. The summed E-state index contributed by atoms with van der Waals surface area (Å²) in [5, 5.41) is 19.8. The lowest BCUT2D eigenvalue weighted by Crippen LogP contribution is -2.24. The van der Waals surface area contributed by atoms with Gasteiger partial charge in [0.2, 0.25) is 0 Å². The van der Waals surface area contributed by atoms with Crippen molar-refractivity contribution in [3.63, 3.8) is 0 Å². The topological polar surface area (TPSA) is 105 Å². The molecule has 1 aromatic heterocycles. The van der Waals surface area contributed by atoms with E-state index in [0.29, 0.717) is 22.5 Å². The van der Waals surface area contributed by atoms with Crippen molar-refractivity contribution in [2.45, 2.75) is 26.1 Å². The average Bonchev–Trinajstić information content (AvgIpc) is 3.32. The third-order valence-electron chi connectivity index (χ3n) is 5.85. The van der Waals surface area contributed by atoms with Gasteiger partial charge in [-0.15, -0.1) is 23.4 Å². The van der Waals surface area contributed by atoms with Gasteiger partial charge in [0, 0.05) is 29.9 Å². The summed E-state index contributed by atoms with van der Waals surface area (Å²) in [6.45, 7) is 4.23. The number of hydrazone groups is 1. The van der Waals surface area contributed by atoms with Crippen LogP contribution >= 0.6 is 12.2 Å². The maximum Gasteiger partial charge on any atom is 0.573 e. The quantitative estimate of drug-likeness (QED) is 0.0958. The molecule has 216 valence electrons. The van der Waals surface area contributed by atoms with Crippen LogP contribution in [0, 0.1) is 0 Å². The zero-order chi connectivity index (χ0) is 30.3. The molecule has 1 amide bonds. The fraction of sp³-hybridized carbons (Fsp3) is 0.172. The Bertz CT molecular complexity index is 1610. The number of thiocarbonyl (C=S) groups is 1. The van der Waals surface area contributed by atoms with E-state index >= 15 is 0 Å². The second-order valence-electron chi connectivity index (χ2n) is 9.28. The molecule has 9 nitrogen and oxygen atoms in total. The molecule has 0 unspecified atom stereocenters. The molecular weight excluding hydrogens is 567 g/mol. The summed E-state index contributed by atoms with van der Waals surface area (Å²) in [6.07, 6.45) is -3.18. The molecular formula is C29H26F3N7O2S. The molecule has 4 aromatic rings. The molecule has 2 N–H and O–H groups in total. The van der Waals surface area contributed by atoms with Crippen LogP contribution in [0.15, 0.2) is 94.2 Å². The second kappa shape index (κ2) is 13.2. The van der Waals surface area contributed by atoms with Crippen molar-refractivity contribution in [1.82, 2.24) is 15.2 Å². The van der Waals surface area contributed by atoms with Crippen molar-refractivity contribution >= 4 is 41.0 Å². The smallest absolute Gasteiger partial charge is 0.406 e. The summed E-state index contributed by atoms with van der Waals surface area (Å²) >= 11 is 5.36. The number of amides is 1. The molecule has 1 heterocycles. The number of para-hydroxylation sites is 1. The van der Waals surface area contributed by atoms with Gasteiger partial charge in [-0.05, 0) is 59.6 Å². The summed E-state index contributed by atoms with van der Waals surface area (Å²) in [5.41, 5.74) is 7.18. The zero-order valence-corrected chi connectivity index (χ0v) is 23.6. The van der Waals surface area contributed by atoms with Crippen molar-refractivity contribution in [1.29, 1.82) is 0 Å². The van der Waals surface area contributed by atoms with E-state index in [9.17, 15) is 18.0 Å². The fourth-order valence-corrected chi connectivity index (χ4v) is 3.98. The SMILES string of the molecule is CC(C)c1ccccc1NC(=S)N/N=C/c1ccc(-c2cc(N=NC(=O)c3ccc(OC(F)(F)F)cc3)n(C)n2)cc1. The second-order valence-corrected chi connectivity index (χ2v) is 9.69.